The Morgan fingerprint density at radius 1 is 0.407 bits per heavy atom. The second-order valence-electron chi connectivity index (χ2n) is 6.42. The van der Waals surface area contributed by atoms with E-state index < -0.39 is 25.4 Å². The summed E-state index contributed by atoms with van der Waals surface area (Å²) < 4.78 is 18.5. The van der Waals surface area contributed by atoms with E-state index in [0.29, 0.717) is 0 Å². The Balaban J connectivity index is 2.29. The molecular weight excluding hydrogens is 477 g/mol. The van der Waals surface area contributed by atoms with Gasteiger partial charge in [-0.05, 0) is 0 Å². The Labute approximate surface area is 166 Å². The number of benzene rings is 4. The maximum atomic E-state index is 13.7. The Hall–Kier alpha value is -2.11. The molecule has 0 spiro atoms. The van der Waals surface area contributed by atoms with E-state index in [0.717, 1.165) is 0 Å². The summed E-state index contributed by atoms with van der Waals surface area (Å²) in [7, 11) is -4.05. The molecule has 0 amide bonds. The van der Waals surface area contributed by atoms with Crippen molar-refractivity contribution in [1.29, 1.82) is 0 Å². The molecule has 0 heterocycles. The van der Waals surface area contributed by atoms with Gasteiger partial charge in [-0.2, -0.15) is 0 Å². The van der Waals surface area contributed by atoms with Crippen molar-refractivity contribution in [3.8, 4) is 0 Å². The van der Waals surface area contributed by atoms with E-state index in [-0.39, 0.29) is 0 Å². The molecule has 4 aromatic rings. The maximum absolute atomic E-state index is 13.7. The molecular formula is C24H20AsOTc. The van der Waals surface area contributed by atoms with Crippen LogP contribution in [0.5, 0.6) is 0 Å². The molecule has 4 rings (SSSR count). The fourth-order valence-electron chi connectivity index (χ4n) is 3.89. The Morgan fingerprint density at radius 3 is 0.815 bits per heavy atom. The van der Waals surface area contributed by atoms with Crippen LogP contribution in [0, 0.1) is 0 Å². The van der Waals surface area contributed by atoms with E-state index in [4.69, 9.17) is 0 Å². The van der Waals surface area contributed by atoms with Crippen LogP contribution < -0.4 is 17.4 Å². The van der Waals surface area contributed by atoms with Crippen molar-refractivity contribution in [1.82, 2.24) is 0 Å². The summed E-state index contributed by atoms with van der Waals surface area (Å²) in [5.74, 6) is 0. The molecule has 0 aliphatic carbocycles. The monoisotopic (exact) mass is 496 g/mol. The predicted molar refractivity (Wildman–Crippen MR) is 111 cm³/mol. The molecule has 0 saturated carbocycles. The molecule has 0 atom stereocenters. The van der Waals surface area contributed by atoms with Gasteiger partial charge >= 0.3 is 168 Å². The van der Waals surface area contributed by atoms with E-state index in [1.165, 1.54) is 17.4 Å². The summed E-state index contributed by atoms with van der Waals surface area (Å²) in [4.78, 5) is 0. The van der Waals surface area contributed by atoms with Crippen molar-refractivity contribution < 1.29 is 18.9 Å². The average molecular weight is 497 g/mol. The third-order valence-corrected chi connectivity index (χ3v) is 29.8. The standard InChI is InChI=1S/C24H20As.O.Tc/c1-5-13-21(14-6-1)25(22-15-7-2-8-16-22,23-17-9-3-10-18-23)24-19-11-4-12-20-24;;/h1-20H;;/q+1;;-1. The topological polar surface area (TPSA) is 17.1 Å². The summed E-state index contributed by atoms with van der Waals surface area (Å²) >= 11 is -1.42. The van der Waals surface area contributed by atoms with Crippen LogP contribution in [0.25, 0.3) is 0 Å². The predicted octanol–water partition coefficient (Wildman–Crippen LogP) is 2.94. The zero-order valence-electron chi connectivity index (χ0n) is 14.8. The van der Waals surface area contributed by atoms with Crippen molar-refractivity contribution >= 4 is 27.3 Å². The molecule has 3 heteroatoms. The van der Waals surface area contributed by atoms with E-state index in [1.54, 1.807) is 0 Å². The Morgan fingerprint density at radius 2 is 0.630 bits per heavy atom. The van der Waals surface area contributed by atoms with Gasteiger partial charge in [0.25, 0.3) is 0 Å². The van der Waals surface area contributed by atoms with Gasteiger partial charge in [-0.3, -0.25) is 0 Å². The molecule has 4 aromatic carbocycles. The molecule has 0 N–H and O–H groups in total. The average Bonchev–Trinajstić information content (AvgIpc) is 2.78. The van der Waals surface area contributed by atoms with E-state index in [9.17, 15) is 3.50 Å². The quantitative estimate of drug-likeness (QED) is 0.388. The van der Waals surface area contributed by atoms with Crippen molar-refractivity contribution in [2.24, 2.45) is 0 Å². The summed E-state index contributed by atoms with van der Waals surface area (Å²) in [5, 5.41) is 0. The third kappa shape index (κ3) is 2.64. The van der Waals surface area contributed by atoms with Gasteiger partial charge < -0.3 is 0 Å². The first-order valence-electron chi connectivity index (χ1n) is 8.86. The molecule has 0 fully saturated rings. The van der Waals surface area contributed by atoms with Gasteiger partial charge in [0.05, 0.1) is 0 Å². The van der Waals surface area contributed by atoms with Crippen LogP contribution in [-0.4, -0.2) is 9.93 Å². The zero-order chi connectivity index (χ0) is 18.6. The van der Waals surface area contributed by atoms with Gasteiger partial charge in [0.15, 0.2) is 0 Å². The fourth-order valence-corrected chi connectivity index (χ4v) is 24.3. The van der Waals surface area contributed by atoms with Gasteiger partial charge in [0.2, 0.25) is 0 Å². The van der Waals surface area contributed by atoms with Gasteiger partial charge in [-0.1, -0.05) is 0 Å². The van der Waals surface area contributed by atoms with Crippen LogP contribution in [-0.2, 0) is 18.9 Å². The van der Waals surface area contributed by atoms with Crippen LogP contribution in [0.2, 0.25) is 0 Å². The SMILES string of the molecule is [O]=[Tc][As](c1ccccc1)(c1ccccc1)(c1ccccc1)c1ccccc1. The molecule has 134 valence electrons. The summed E-state index contributed by atoms with van der Waals surface area (Å²) in [6, 6.07) is 42.1. The molecule has 27 heavy (non-hydrogen) atoms. The summed E-state index contributed by atoms with van der Waals surface area (Å²) in [6.07, 6.45) is 0. The second-order valence-corrected chi connectivity index (χ2v) is 25.7. The number of hydrogen-bond acceptors (Lipinski definition) is 1. The van der Waals surface area contributed by atoms with Crippen LogP contribution in [0.1, 0.15) is 0 Å². The fraction of sp³-hybridized carbons (Fsp3) is 0. The first-order valence-corrected chi connectivity index (χ1v) is 18.4. The van der Waals surface area contributed by atoms with Gasteiger partial charge in [-0.15, -0.1) is 0 Å². The summed E-state index contributed by atoms with van der Waals surface area (Å²) in [5.41, 5.74) is 0. The van der Waals surface area contributed by atoms with Crippen molar-refractivity contribution in [3.63, 3.8) is 0 Å². The van der Waals surface area contributed by atoms with Crippen molar-refractivity contribution in [2.45, 2.75) is 0 Å². The Kier molecular flexibility index (Phi) is 5.06. The van der Waals surface area contributed by atoms with Crippen molar-refractivity contribution in [2.75, 3.05) is 0 Å². The molecule has 0 aliphatic heterocycles. The van der Waals surface area contributed by atoms with Crippen LogP contribution in [0.3, 0.4) is 0 Å². The third-order valence-electron chi connectivity index (χ3n) is 5.10. The Bertz CT molecular complexity index is 865. The van der Waals surface area contributed by atoms with Gasteiger partial charge in [-0.25, -0.2) is 0 Å². The molecule has 1 nitrogen and oxygen atoms in total. The molecule has 0 bridgehead atoms. The zero-order valence-corrected chi connectivity index (χ0v) is 18.5. The molecule has 0 unspecified atom stereocenters. The first-order chi connectivity index (χ1) is 13.3. The first kappa shape index (κ1) is 18.3. The summed E-state index contributed by atoms with van der Waals surface area (Å²) in [6.45, 7) is 0. The van der Waals surface area contributed by atoms with Gasteiger partial charge in [0, 0.05) is 0 Å². The van der Waals surface area contributed by atoms with Gasteiger partial charge in [0.1, 0.15) is 0 Å². The minimum absolute atomic E-state index is 1.21. The molecule has 0 saturated heterocycles. The van der Waals surface area contributed by atoms with Crippen molar-refractivity contribution in [3.05, 3.63) is 121 Å². The van der Waals surface area contributed by atoms with E-state index >= 15 is 0 Å². The van der Waals surface area contributed by atoms with E-state index in [1.807, 2.05) is 24.3 Å². The van der Waals surface area contributed by atoms with Crippen LogP contribution in [0.4, 0.5) is 0 Å². The van der Waals surface area contributed by atoms with Crippen LogP contribution in [0.15, 0.2) is 121 Å². The normalized spacial score (nSPS) is 12.8. The number of hydrogen-bond donors (Lipinski definition) is 0. The molecule has 0 radical (unpaired) electrons. The number of rotatable bonds is 5. The van der Waals surface area contributed by atoms with E-state index in [2.05, 4.69) is 97.1 Å². The molecule has 0 aromatic heterocycles. The van der Waals surface area contributed by atoms with Crippen LogP contribution >= 0.6 is 0 Å². The second kappa shape index (κ2) is 7.49. The minimum atomic E-state index is -4.05. The molecule has 0 aliphatic rings.